The molecule has 0 aromatic heterocycles. The van der Waals surface area contributed by atoms with Crippen molar-refractivity contribution in [3.8, 4) is 0 Å². The van der Waals surface area contributed by atoms with E-state index in [1.807, 2.05) is 0 Å². The van der Waals surface area contributed by atoms with Crippen LogP contribution in [0, 0.1) is 0 Å². The first-order chi connectivity index (χ1) is 12.2. The summed E-state index contributed by atoms with van der Waals surface area (Å²) in [5, 5.41) is 3.30. The Balaban J connectivity index is 1.63. The molecule has 2 aliphatic heterocycles. The van der Waals surface area contributed by atoms with E-state index in [0.717, 1.165) is 39.4 Å². The smallest absolute Gasteiger partial charge is 0.275 e. The van der Waals surface area contributed by atoms with E-state index >= 15 is 0 Å². The Kier molecular flexibility index (Phi) is 6.84. The lowest BCUT2D eigenvalue weighted by Crippen LogP contribution is -3.16. The summed E-state index contributed by atoms with van der Waals surface area (Å²) < 4.78 is 5.54. The lowest BCUT2D eigenvalue weighted by molar-refractivity contribution is -0.940. The van der Waals surface area contributed by atoms with Crippen LogP contribution in [-0.4, -0.2) is 57.9 Å². The van der Waals surface area contributed by atoms with Gasteiger partial charge in [-0.2, -0.15) is 0 Å². The molecule has 0 saturated carbocycles. The number of hydrogen-bond donors (Lipinski definition) is 3. The number of quaternary nitrogens is 2. The first kappa shape index (κ1) is 18.4. The van der Waals surface area contributed by atoms with Crippen molar-refractivity contribution in [2.45, 2.75) is 38.3 Å². The zero-order valence-electron chi connectivity index (χ0n) is 15.4. The van der Waals surface area contributed by atoms with E-state index in [4.69, 9.17) is 4.74 Å². The molecule has 0 unspecified atom stereocenters. The van der Waals surface area contributed by atoms with E-state index in [-0.39, 0.29) is 18.0 Å². The molecule has 1 aromatic rings. The molecule has 2 atom stereocenters. The van der Waals surface area contributed by atoms with Crippen molar-refractivity contribution in [3.05, 3.63) is 35.9 Å². The van der Waals surface area contributed by atoms with Crippen LogP contribution in [0.1, 0.15) is 37.8 Å². The van der Waals surface area contributed by atoms with Crippen molar-refractivity contribution in [2.75, 3.05) is 45.9 Å². The van der Waals surface area contributed by atoms with E-state index in [1.54, 1.807) is 0 Å². The highest BCUT2D eigenvalue weighted by Crippen LogP contribution is 2.14. The van der Waals surface area contributed by atoms with Crippen LogP contribution in [0.4, 0.5) is 0 Å². The number of hydrogen-bond acceptors (Lipinski definition) is 2. The molecule has 138 valence electrons. The van der Waals surface area contributed by atoms with E-state index in [1.165, 1.54) is 34.6 Å². The van der Waals surface area contributed by atoms with Gasteiger partial charge in [0.05, 0.1) is 32.3 Å². The first-order valence-corrected chi connectivity index (χ1v) is 9.84. The molecule has 5 nitrogen and oxygen atoms in total. The predicted molar refractivity (Wildman–Crippen MR) is 97.7 cm³/mol. The normalized spacial score (nSPS) is 22.3. The van der Waals surface area contributed by atoms with Crippen molar-refractivity contribution >= 4 is 5.91 Å². The Morgan fingerprint density at radius 2 is 1.76 bits per heavy atom. The first-order valence-electron chi connectivity index (χ1n) is 9.84. The van der Waals surface area contributed by atoms with Crippen LogP contribution in [0.5, 0.6) is 0 Å². The molecule has 1 aromatic carbocycles. The van der Waals surface area contributed by atoms with Gasteiger partial charge in [0.25, 0.3) is 5.91 Å². The molecule has 0 aliphatic carbocycles. The van der Waals surface area contributed by atoms with Gasteiger partial charge in [-0.3, -0.25) is 4.79 Å². The van der Waals surface area contributed by atoms with E-state index < -0.39 is 0 Å². The Bertz CT molecular complexity index is 525. The Morgan fingerprint density at radius 3 is 2.44 bits per heavy atom. The van der Waals surface area contributed by atoms with Gasteiger partial charge >= 0.3 is 0 Å². The maximum absolute atomic E-state index is 12.6. The molecule has 2 aliphatic rings. The zero-order valence-corrected chi connectivity index (χ0v) is 15.4. The number of morpholine rings is 1. The molecule has 3 rings (SSSR count). The third-order valence-corrected chi connectivity index (χ3v) is 5.59. The standard InChI is InChI=1S/C20H31N3O2/c1-17(21-19(24)16-22-10-6-3-7-11-22)20(18-8-4-2-5-9-18)23-12-14-25-15-13-23/h2,4-5,8-9,17,20H,3,6-7,10-16H2,1H3,(H,21,24)/p+2/t17-,20+/m0/s1. The van der Waals surface area contributed by atoms with E-state index in [0.29, 0.717) is 6.54 Å². The van der Waals surface area contributed by atoms with E-state index in [2.05, 4.69) is 42.6 Å². The van der Waals surface area contributed by atoms with Gasteiger partial charge in [-0.1, -0.05) is 30.3 Å². The van der Waals surface area contributed by atoms with E-state index in [9.17, 15) is 4.79 Å². The van der Waals surface area contributed by atoms with Crippen LogP contribution in [0.25, 0.3) is 0 Å². The number of benzene rings is 1. The van der Waals surface area contributed by atoms with Gasteiger partial charge < -0.3 is 19.9 Å². The third kappa shape index (κ3) is 5.27. The van der Waals surface area contributed by atoms with Crippen LogP contribution in [-0.2, 0) is 9.53 Å². The summed E-state index contributed by atoms with van der Waals surface area (Å²) >= 11 is 0. The number of amides is 1. The van der Waals surface area contributed by atoms with Gasteiger partial charge in [0.1, 0.15) is 19.1 Å². The molecule has 3 N–H and O–H groups in total. The van der Waals surface area contributed by atoms with Crippen LogP contribution in [0.15, 0.2) is 30.3 Å². The predicted octanol–water partition coefficient (Wildman–Crippen LogP) is -0.784. The molecule has 2 fully saturated rings. The summed E-state index contributed by atoms with van der Waals surface area (Å²) in [6.07, 6.45) is 3.82. The highest BCUT2D eigenvalue weighted by atomic mass is 16.5. The van der Waals surface area contributed by atoms with Gasteiger partial charge in [-0.05, 0) is 26.2 Å². The van der Waals surface area contributed by atoms with Crippen LogP contribution >= 0.6 is 0 Å². The minimum Gasteiger partial charge on any atom is -0.370 e. The molecule has 25 heavy (non-hydrogen) atoms. The van der Waals surface area contributed by atoms with Crippen molar-refractivity contribution < 1.29 is 19.3 Å². The van der Waals surface area contributed by atoms with Gasteiger partial charge in [0, 0.05) is 5.56 Å². The van der Waals surface area contributed by atoms with Crippen molar-refractivity contribution in [1.29, 1.82) is 0 Å². The van der Waals surface area contributed by atoms with Crippen molar-refractivity contribution in [2.24, 2.45) is 0 Å². The number of likely N-dealkylation sites (tertiary alicyclic amines) is 1. The lowest BCUT2D eigenvalue weighted by atomic mass is 9.98. The Hall–Kier alpha value is -1.43. The maximum atomic E-state index is 12.6. The highest BCUT2D eigenvalue weighted by Gasteiger charge is 2.32. The minimum atomic E-state index is 0.118. The average molecular weight is 348 g/mol. The number of carbonyl (C=O) groups excluding carboxylic acids is 1. The number of carbonyl (C=O) groups is 1. The van der Waals surface area contributed by atoms with Gasteiger partial charge in [0.2, 0.25) is 0 Å². The second-order valence-electron chi connectivity index (χ2n) is 7.50. The topological polar surface area (TPSA) is 47.2 Å². The summed E-state index contributed by atoms with van der Waals surface area (Å²) in [4.78, 5) is 15.5. The molecule has 1 amide bonds. The second kappa shape index (κ2) is 9.32. The summed E-state index contributed by atoms with van der Waals surface area (Å²) in [5.41, 5.74) is 1.30. The average Bonchev–Trinajstić information content (AvgIpc) is 2.64. The fraction of sp³-hybridized carbons (Fsp3) is 0.650. The molecule has 2 saturated heterocycles. The fourth-order valence-corrected chi connectivity index (χ4v) is 4.33. The molecule has 0 radical (unpaired) electrons. The molecule has 5 heteroatoms. The van der Waals surface area contributed by atoms with Crippen LogP contribution in [0.2, 0.25) is 0 Å². The Labute approximate surface area is 151 Å². The number of nitrogens with one attached hydrogen (secondary N) is 3. The third-order valence-electron chi connectivity index (χ3n) is 5.59. The van der Waals surface area contributed by atoms with Gasteiger partial charge in [-0.15, -0.1) is 0 Å². The maximum Gasteiger partial charge on any atom is 0.275 e. The Morgan fingerprint density at radius 1 is 1.08 bits per heavy atom. The monoisotopic (exact) mass is 347 g/mol. The minimum absolute atomic E-state index is 0.118. The molecule has 0 spiro atoms. The van der Waals surface area contributed by atoms with Crippen molar-refractivity contribution in [3.63, 3.8) is 0 Å². The van der Waals surface area contributed by atoms with Crippen LogP contribution < -0.4 is 15.1 Å². The zero-order chi connectivity index (χ0) is 17.5. The summed E-state index contributed by atoms with van der Waals surface area (Å²) in [7, 11) is 0. The molecular weight excluding hydrogens is 314 g/mol. The molecular formula is C20H33N3O2+2. The number of ether oxygens (including phenoxy) is 1. The highest BCUT2D eigenvalue weighted by molar-refractivity contribution is 5.77. The largest absolute Gasteiger partial charge is 0.370 e. The molecule has 2 heterocycles. The lowest BCUT2D eigenvalue weighted by Gasteiger charge is -2.35. The SMILES string of the molecule is C[C@H](NC(=O)C[NH+]1CCCCC1)[C@H](c1ccccc1)[NH+]1CCOCC1. The fourth-order valence-electron chi connectivity index (χ4n) is 4.33. The summed E-state index contributed by atoms with van der Waals surface area (Å²) in [5.74, 6) is 0.193. The number of rotatable bonds is 6. The summed E-state index contributed by atoms with van der Waals surface area (Å²) in [6, 6.07) is 11.0. The number of piperidine rings is 1. The quantitative estimate of drug-likeness (QED) is 0.632. The second-order valence-corrected chi connectivity index (χ2v) is 7.50. The van der Waals surface area contributed by atoms with Gasteiger partial charge in [-0.25, -0.2) is 0 Å². The van der Waals surface area contributed by atoms with Crippen LogP contribution in [0.3, 0.4) is 0 Å². The summed E-state index contributed by atoms with van der Waals surface area (Å²) in [6.45, 7) is 8.65. The van der Waals surface area contributed by atoms with Crippen molar-refractivity contribution in [1.82, 2.24) is 5.32 Å². The van der Waals surface area contributed by atoms with Gasteiger partial charge in [0.15, 0.2) is 6.54 Å². The molecule has 0 bridgehead atoms.